The van der Waals surface area contributed by atoms with Gasteiger partial charge in [0.25, 0.3) is 0 Å². The van der Waals surface area contributed by atoms with E-state index in [-0.39, 0.29) is 10.7 Å². The smallest absolute Gasteiger partial charge is 0.245 e. The number of carbonyl (C=O) groups is 1. The van der Waals surface area contributed by atoms with Gasteiger partial charge >= 0.3 is 0 Å². The Kier molecular flexibility index (Phi) is 2.66. The molecule has 0 saturated heterocycles. The van der Waals surface area contributed by atoms with Gasteiger partial charge in [0.2, 0.25) is 5.91 Å². The molecule has 3 nitrogen and oxygen atoms in total. The molecular weight excluding hydrogens is 220 g/mol. The van der Waals surface area contributed by atoms with Crippen LogP contribution in [0.5, 0.6) is 0 Å². The van der Waals surface area contributed by atoms with Gasteiger partial charge in [-0.15, -0.1) is 0 Å². The van der Waals surface area contributed by atoms with Gasteiger partial charge in [-0.3, -0.25) is 9.36 Å². The number of hydrogen-bond acceptors (Lipinski definition) is 2. The summed E-state index contributed by atoms with van der Waals surface area (Å²) in [5.74, 6) is -0.128. The zero-order valence-electron chi connectivity index (χ0n) is 6.49. The highest BCUT2D eigenvalue weighted by atomic mass is 79.9. The van der Waals surface area contributed by atoms with E-state index in [2.05, 4.69) is 15.9 Å². The molecule has 1 atom stereocenters. The van der Waals surface area contributed by atoms with Crippen molar-refractivity contribution in [2.75, 3.05) is 0 Å². The molecule has 1 rings (SSSR count). The highest BCUT2D eigenvalue weighted by molar-refractivity contribution is 9.10. The summed E-state index contributed by atoms with van der Waals surface area (Å²) in [6.07, 6.45) is 1.58. The Balaban J connectivity index is 3.04. The molecule has 0 saturated carbocycles. The van der Waals surface area contributed by atoms with Crippen LogP contribution in [0.1, 0.15) is 17.4 Å². The van der Waals surface area contributed by atoms with Crippen LogP contribution in [0.25, 0.3) is 0 Å². The van der Waals surface area contributed by atoms with Crippen molar-refractivity contribution < 1.29 is 4.79 Å². The second kappa shape index (κ2) is 3.55. The quantitative estimate of drug-likeness (QED) is 0.686. The van der Waals surface area contributed by atoms with Gasteiger partial charge in [0.05, 0.1) is 4.83 Å². The Morgan fingerprint density at radius 1 is 1.83 bits per heavy atom. The first kappa shape index (κ1) is 9.01. The third-order valence-electron chi connectivity index (χ3n) is 1.44. The van der Waals surface area contributed by atoms with Crippen LogP contribution in [0.4, 0.5) is 0 Å². The number of alkyl halides is 1. The van der Waals surface area contributed by atoms with Crippen molar-refractivity contribution in [1.29, 1.82) is 5.26 Å². The van der Waals surface area contributed by atoms with Crippen LogP contribution in [0.2, 0.25) is 0 Å². The zero-order chi connectivity index (χ0) is 9.14. The molecule has 1 aromatic rings. The lowest BCUT2D eigenvalue weighted by molar-refractivity contribution is 0.0917. The maximum atomic E-state index is 11.4. The molecule has 0 fully saturated rings. The fourth-order valence-electron chi connectivity index (χ4n) is 0.856. The standard InChI is InChI=1S/C8H7BrN2O/c1-6(9)8(12)11-4-2-3-7(11)5-10/h2-4,6H,1H3/t6-/m0/s1. The molecule has 0 unspecified atom stereocenters. The molecule has 1 aromatic heterocycles. The third kappa shape index (κ3) is 1.56. The molecule has 0 amide bonds. The van der Waals surface area contributed by atoms with E-state index in [0.717, 1.165) is 0 Å². The number of aromatic nitrogens is 1. The van der Waals surface area contributed by atoms with Gasteiger partial charge in [0, 0.05) is 6.20 Å². The van der Waals surface area contributed by atoms with Crippen molar-refractivity contribution in [3.63, 3.8) is 0 Å². The van der Waals surface area contributed by atoms with E-state index in [1.165, 1.54) is 4.57 Å². The Morgan fingerprint density at radius 2 is 2.50 bits per heavy atom. The van der Waals surface area contributed by atoms with Crippen LogP contribution < -0.4 is 0 Å². The van der Waals surface area contributed by atoms with Crippen LogP contribution in [0.15, 0.2) is 18.3 Å². The van der Waals surface area contributed by atoms with Gasteiger partial charge in [-0.25, -0.2) is 0 Å². The Hall–Kier alpha value is -1.08. The van der Waals surface area contributed by atoms with Crippen LogP contribution in [0, 0.1) is 11.3 Å². The Labute approximate surface area is 78.7 Å². The Morgan fingerprint density at radius 3 is 3.00 bits per heavy atom. The van der Waals surface area contributed by atoms with Gasteiger partial charge in [-0.2, -0.15) is 5.26 Å². The molecule has 12 heavy (non-hydrogen) atoms. The monoisotopic (exact) mass is 226 g/mol. The lowest BCUT2D eigenvalue weighted by Gasteiger charge is -2.03. The van der Waals surface area contributed by atoms with E-state index >= 15 is 0 Å². The fraction of sp³-hybridized carbons (Fsp3) is 0.250. The van der Waals surface area contributed by atoms with Crippen molar-refractivity contribution in [2.24, 2.45) is 0 Å². The van der Waals surface area contributed by atoms with Gasteiger partial charge < -0.3 is 0 Å². The topological polar surface area (TPSA) is 45.8 Å². The van der Waals surface area contributed by atoms with Gasteiger partial charge in [-0.1, -0.05) is 15.9 Å². The highest BCUT2D eigenvalue weighted by Gasteiger charge is 2.13. The third-order valence-corrected chi connectivity index (χ3v) is 1.83. The lowest BCUT2D eigenvalue weighted by atomic mass is 10.4. The summed E-state index contributed by atoms with van der Waals surface area (Å²) in [7, 11) is 0. The fourth-order valence-corrected chi connectivity index (χ4v) is 1.08. The van der Waals surface area contributed by atoms with E-state index in [4.69, 9.17) is 5.26 Å². The normalized spacial score (nSPS) is 12.1. The maximum Gasteiger partial charge on any atom is 0.245 e. The molecular formula is C8H7BrN2O. The summed E-state index contributed by atoms with van der Waals surface area (Å²) in [6, 6.07) is 5.21. The van der Waals surface area contributed by atoms with Crippen molar-refractivity contribution >= 4 is 21.8 Å². The second-order valence-corrected chi connectivity index (χ2v) is 3.70. The van der Waals surface area contributed by atoms with Crippen LogP contribution >= 0.6 is 15.9 Å². The minimum atomic E-state index is -0.267. The Bertz CT molecular complexity index is 335. The van der Waals surface area contributed by atoms with E-state index in [1.807, 2.05) is 6.07 Å². The van der Waals surface area contributed by atoms with Crippen LogP contribution in [-0.4, -0.2) is 15.3 Å². The van der Waals surface area contributed by atoms with Crippen molar-refractivity contribution in [3.05, 3.63) is 24.0 Å². The summed E-state index contributed by atoms with van der Waals surface area (Å²) in [5.41, 5.74) is 0.367. The molecule has 0 aliphatic heterocycles. The molecule has 0 aromatic carbocycles. The van der Waals surface area contributed by atoms with Crippen LogP contribution in [0.3, 0.4) is 0 Å². The molecule has 0 N–H and O–H groups in total. The molecule has 0 spiro atoms. The van der Waals surface area contributed by atoms with Gasteiger partial charge in [0.1, 0.15) is 11.8 Å². The first-order valence-electron chi connectivity index (χ1n) is 3.42. The molecule has 1 heterocycles. The zero-order valence-corrected chi connectivity index (χ0v) is 8.08. The minimum absolute atomic E-state index is 0.128. The number of halogens is 1. The van der Waals surface area contributed by atoms with Gasteiger partial charge in [-0.05, 0) is 19.1 Å². The summed E-state index contributed by atoms with van der Waals surface area (Å²) < 4.78 is 1.33. The molecule has 0 radical (unpaired) electrons. The predicted octanol–water partition coefficient (Wildman–Crippen LogP) is 1.78. The van der Waals surface area contributed by atoms with E-state index < -0.39 is 0 Å². The van der Waals surface area contributed by atoms with E-state index in [1.54, 1.807) is 25.3 Å². The highest BCUT2D eigenvalue weighted by Crippen LogP contribution is 2.06. The SMILES string of the molecule is C[C@H](Br)C(=O)n1cccc1C#N. The number of carbonyl (C=O) groups excluding carboxylic acids is 1. The van der Waals surface area contributed by atoms with Gasteiger partial charge in [0.15, 0.2) is 0 Å². The van der Waals surface area contributed by atoms with Crippen molar-refractivity contribution in [3.8, 4) is 6.07 Å². The first-order valence-corrected chi connectivity index (χ1v) is 4.34. The number of nitriles is 1. The maximum absolute atomic E-state index is 11.4. The molecule has 0 bridgehead atoms. The first-order chi connectivity index (χ1) is 5.66. The summed E-state index contributed by atoms with van der Waals surface area (Å²) in [4.78, 5) is 11.1. The summed E-state index contributed by atoms with van der Waals surface area (Å²) in [5, 5.41) is 8.60. The molecule has 0 aliphatic carbocycles. The summed E-state index contributed by atoms with van der Waals surface area (Å²) in [6.45, 7) is 1.73. The molecule has 62 valence electrons. The largest absolute Gasteiger partial charge is 0.277 e. The van der Waals surface area contributed by atoms with E-state index in [9.17, 15) is 4.79 Å². The average molecular weight is 227 g/mol. The predicted molar refractivity (Wildman–Crippen MR) is 48.2 cm³/mol. The average Bonchev–Trinajstić information content (AvgIpc) is 2.49. The number of hydrogen-bond donors (Lipinski definition) is 0. The molecule has 4 heteroatoms. The number of nitrogens with zero attached hydrogens (tertiary/aromatic N) is 2. The summed E-state index contributed by atoms with van der Waals surface area (Å²) >= 11 is 3.14. The molecule has 0 aliphatic rings. The lowest BCUT2D eigenvalue weighted by Crippen LogP contribution is -2.19. The van der Waals surface area contributed by atoms with E-state index in [0.29, 0.717) is 5.69 Å². The van der Waals surface area contributed by atoms with Crippen molar-refractivity contribution in [1.82, 2.24) is 4.57 Å². The number of rotatable bonds is 1. The minimum Gasteiger partial charge on any atom is -0.277 e. The second-order valence-electron chi connectivity index (χ2n) is 2.33. The van der Waals surface area contributed by atoms with Crippen LogP contribution in [-0.2, 0) is 0 Å². The van der Waals surface area contributed by atoms with Crippen molar-refractivity contribution in [2.45, 2.75) is 11.8 Å².